The number of likely N-dealkylation sites (tertiary alicyclic amines) is 1. The van der Waals surface area contributed by atoms with E-state index < -0.39 is 29.7 Å². The van der Waals surface area contributed by atoms with Gasteiger partial charge in [0.2, 0.25) is 0 Å². The minimum absolute atomic E-state index is 0.109. The van der Waals surface area contributed by atoms with Crippen LogP contribution in [0.15, 0.2) is 48.5 Å². The third-order valence-electron chi connectivity index (χ3n) is 5.24. The Balaban J connectivity index is 2.15. The number of benzene rings is 2. The van der Waals surface area contributed by atoms with E-state index in [4.69, 9.17) is 4.74 Å². The Hall–Kier alpha value is -2.54. The maximum absolute atomic E-state index is 13.8. The van der Waals surface area contributed by atoms with E-state index in [-0.39, 0.29) is 12.1 Å². The molecule has 1 fully saturated rings. The molecule has 7 heteroatoms. The average molecular weight is 407 g/mol. The zero-order valence-electron chi connectivity index (χ0n) is 16.2. The van der Waals surface area contributed by atoms with Gasteiger partial charge in [-0.2, -0.15) is 13.2 Å². The maximum Gasteiger partial charge on any atom is 0.416 e. The molecule has 1 N–H and O–H groups in total. The predicted molar refractivity (Wildman–Crippen MR) is 103 cm³/mol. The molecule has 4 nitrogen and oxygen atoms in total. The zero-order valence-corrected chi connectivity index (χ0v) is 16.2. The van der Waals surface area contributed by atoms with E-state index in [1.807, 2.05) is 11.8 Å². The van der Waals surface area contributed by atoms with Gasteiger partial charge >= 0.3 is 12.1 Å². The van der Waals surface area contributed by atoms with Crippen LogP contribution in [-0.2, 0) is 11.0 Å². The summed E-state index contributed by atoms with van der Waals surface area (Å²) in [5.74, 6) is -1.02. The van der Waals surface area contributed by atoms with Gasteiger partial charge in [-0.1, -0.05) is 36.4 Å². The van der Waals surface area contributed by atoms with E-state index >= 15 is 0 Å². The van der Waals surface area contributed by atoms with Crippen LogP contribution in [0.3, 0.4) is 0 Å². The van der Waals surface area contributed by atoms with Crippen molar-refractivity contribution in [2.24, 2.45) is 5.92 Å². The molecule has 2 aromatic rings. The highest BCUT2D eigenvalue weighted by molar-refractivity contribution is 5.70. The van der Waals surface area contributed by atoms with Gasteiger partial charge in [-0.15, -0.1) is 0 Å². The highest BCUT2D eigenvalue weighted by Crippen LogP contribution is 2.42. The van der Waals surface area contributed by atoms with Crippen LogP contribution < -0.4 is 4.74 Å². The van der Waals surface area contributed by atoms with Crippen molar-refractivity contribution in [3.05, 3.63) is 65.2 Å². The van der Waals surface area contributed by atoms with Crippen molar-refractivity contribution in [1.29, 1.82) is 0 Å². The summed E-state index contributed by atoms with van der Waals surface area (Å²) in [5, 5.41) is 9.47. The standard InChI is InChI=1S/C22H24F3NO3/c1-2-29-19-12-6-4-10-17(19)20(26-13-7-8-15(14-26)21(27)28)16-9-3-5-11-18(16)22(23,24)25/h3-6,9-12,15,20H,2,7-8,13-14H2,1H3,(H,27,28). The third kappa shape index (κ3) is 4.72. The number of hydrogen-bond donors (Lipinski definition) is 1. The fourth-order valence-electron chi connectivity index (χ4n) is 3.99. The number of aliphatic carboxylic acids is 1. The highest BCUT2D eigenvalue weighted by atomic mass is 19.4. The molecule has 1 saturated heterocycles. The maximum atomic E-state index is 13.8. The molecule has 1 aliphatic rings. The molecule has 2 unspecified atom stereocenters. The van der Waals surface area contributed by atoms with Gasteiger partial charge < -0.3 is 9.84 Å². The van der Waals surface area contributed by atoms with Crippen LogP contribution >= 0.6 is 0 Å². The van der Waals surface area contributed by atoms with Crippen molar-refractivity contribution in [1.82, 2.24) is 4.90 Å². The van der Waals surface area contributed by atoms with Crippen LogP contribution in [0.4, 0.5) is 13.2 Å². The van der Waals surface area contributed by atoms with Gasteiger partial charge in [-0.25, -0.2) is 0 Å². The summed E-state index contributed by atoms with van der Waals surface area (Å²) in [6.45, 7) is 2.90. The molecule has 0 aromatic heterocycles. The van der Waals surface area contributed by atoms with E-state index in [1.165, 1.54) is 12.1 Å². The van der Waals surface area contributed by atoms with E-state index in [1.54, 1.807) is 30.3 Å². The Kier molecular flexibility index (Phi) is 6.47. The Labute approximate surface area is 167 Å². The number of rotatable bonds is 6. The van der Waals surface area contributed by atoms with Crippen molar-refractivity contribution >= 4 is 5.97 Å². The van der Waals surface area contributed by atoms with E-state index in [0.717, 1.165) is 6.07 Å². The lowest BCUT2D eigenvalue weighted by Crippen LogP contribution is -2.41. The highest BCUT2D eigenvalue weighted by Gasteiger charge is 2.39. The number of nitrogens with zero attached hydrogens (tertiary/aromatic N) is 1. The van der Waals surface area contributed by atoms with Crippen molar-refractivity contribution in [2.45, 2.75) is 32.0 Å². The van der Waals surface area contributed by atoms with Gasteiger partial charge in [-0.3, -0.25) is 9.69 Å². The molecule has 0 bridgehead atoms. The lowest BCUT2D eigenvalue weighted by atomic mass is 9.88. The Morgan fingerprint density at radius 3 is 2.48 bits per heavy atom. The first kappa shape index (κ1) is 21.2. The fourth-order valence-corrected chi connectivity index (χ4v) is 3.99. The molecule has 0 aliphatic carbocycles. The van der Waals surface area contributed by atoms with Gasteiger partial charge in [0.05, 0.1) is 24.1 Å². The lowest BCUT2D eigenvalue weighted by Gasteiger charge is -2.39. The molecule has 3 rings (SSSR count). The second-order valence-corrected chi connectivity index (χ2v) is 7.13. The molecule has 0 amide bonds. The summed E-state index contributed by atoms with van der Waals surface area (Å²) < 4.78 is 47.1. The Bertz CT molecular complexity index is 853. The minimum atomic E-state index is -4.52. The predicted octanol–water partition coefficient (Wildman–Crippen LogP) is 4.99. The molecular formula is C22H24F3NO3. The minimum Gasteiger partial charge on any atom is -0.494 e. The van der Waals surface area contributed by atoms with Crippen molar-refractivity contribution in [3.8, 4) is 5.75 Å². The fraction of sp³-hybridized carbons (Fsp3) is 0.409. The smallest absolute Gasteiger partial charge is 0.416 e. The van der Waals surface area contributed by atoms with Gasteiger partial charge in [0.15, 0.2) is 0 Å². The summed E-state index contributed by atoms with van der Waals surface area (Å²) in [4.78, 5) is 13.4. The van der Waals surface area contributed by atoms with Crippen LogP contribution in [0.25, 0.3) is 0 Å². The number of ether oxygens (including phenoxy) is 1. The van der Waals surface area contributed by atoms with Crippen LogP contribution in [-0.4, -0.2) is 35.7 Å². The van der Waals surface area contributed by atoms with Crippen LogP contribution in [0.5, 0.6) is 5.75 Å². The number of carbonyl (C=O) groups is 1. The van der Waals surface area contributed by atoms with Crippen LogP contribution in [0.2, 0.25) is 0 Å². The average Bonchev–Trinajstić information content (AvgIpc) is 2.69. The first-order valence-electron chi connectivity index (χ1n) is 9.67. The summed E-state index contributed by atoms with van der Waals surface area (Å²) in [6.07, 6.45) is -3.39. The molecule has 0 radical (unpaired) electrons. The normalized spacial score (nSPS) is 19.0. The van der Waals surface area contributed by atoms with Gasteiger partial charge in [0.1, 0.15) is 5.75 Å². The molecule has 1 heterocycles. The topological polar surface area (TPSA) is 49.8 Å². The number of hydrogen-bond acceptors (Lipinski definition) is 3. The second kappa shape index (κ2) is 8.86. The van der Waals surface area contributed by atoms with E-state index in [9.17, 15) is 23.1 Å². The number of para-hydroxylation sites is 1. The first-order chi connectivity index (χ1) is 13.8. The van der Waals surface area contributed by atoms with Crippen LogP contribution in [0, 0.1) is 5.92 Å². The number of carboxylic acids is 1. The molecule has 29 heavy (non-hydrogen) atoms. The van der Waals surface area contributed by atoms with Crippen molar-refractivity contribution < 1.29 is 27.8 Å². The Morgan fingerprint density at radius 2 is 1.83 bits per heavy atom. The van der Waals surface area contributed by atoms with E-state index in [0.29, 0.717) is 37.3 Å². The Morgan fingerprint density at radius 1 is 1.17 bits per heavy atom. The first-order valence-corrected chi connectivity index (χ1v) is 9.67. The zero-order chi connectivity index (χ0) is 21.0. The number of alkyl halides is 3. The van der Waals surface area contributed by atoms with Gasteiger partial charge in [0, 0.05) is 12.1 Å². The monoisotopic (exact) mass is 407 g/mol. The summed E-state index contributed by atoms with van der Waals surface area (Å²) >= 11 is 0. The summed E-state index contributed by atoms with van der Waals surface area (Å²) in [6, 6.07) is 11.8. The van der Waals surface area contributed by atoms with Crippen molar-refractivity contribution in [3.63, 3.8) is 0 Å². The second-order valence-electron chi connectivity index (χ2n) is 7.13. The van der Waals surface area contributed by atoms with Gasteiger partial charge in [0.25, 0.3) is 0 Å². The largest absolute Gasteiger partial charge is 0.494 e. The molecule has 2 aromatic carbocycles. The molecule has 156 valence electrons. The molecule has 0 spiro atoms. The van der Waals surface area contributed by atoms with Crippen LogP contribution in [0.1, 0.15) is 42.5 Å². The molecule has 1 aliphatic heterocycles. The number of carboxylic acid groups (broad SMARTS) is 1. The lowest BCUT2D eigenvalue weighted by molar-refractivity contribution is -0.144. The number of piperidine rings is 1. The number of halogens is 3. The quantitative estimate of drug-likeness (QED) is 0.733. The van der Waals surface area contributed by atoms with Crippen molar-refractivity contribution in [2.75, 3.05) is 19.7 Å². The van der Waals surface area contributed by atoms with E-state index in [2.05, 4.69) is 0 Å². The SMILES string of the molecule is CCOc1ccccc1C(c1ccccc1C(F)(F)F)N1CCCC(C(=O)O)C1. The molecular weight excluding hydrogens is 383 g/mol. The molecule has 2 atom stereocenters. The summed E-state index contributed by atoms with van der Waals surface area (Å²) in [7, 11) is 0. The third-order valence-corrected chi connectivity index (χ3v) is 5.24. The summed E-state index contributed by atoms with van der Waals surface area (Å²) in [5.41, 5.74) is 0.00373. The van der Waals surface area contributed by atoms with Gasteiger partial charge in [-0.05, 0) is 44.0 Å². The molecule has 0 saturated carbocycles.